The third-order valence-corrected chi connectivity index (χ3v) is 4.79. The molecule has 1 fully saturated rings. The second-order valence-corrected chi connectivity index (χ2v) is 6.22. The first-order valence-corrected chi connectivity index (χ1v) is 8.09. The molecule has 1 heterocycles. The number of nitrogens with zero attached hydrogens (tertiary/aromatic N) is 1. The van der Waals surface area contributed by atoms with Crippen LogP contribution in [0, 0.1) is 5.82 Å². The molecule has 1 aliphatic carbocycles. The zero-order valence-corrected chi connectivity index (χ0v) is 12.6. The molecule has 1 aromatic rings. The number of phenols is 1. The van der Waals surface area contributed by atoms with Crippen molar-refractivity contribution < 1.29 is 14.2 Å². The average molecular weight is 293 g/mol. The zero-order chi connectivity index (χ0) is 14.8. The predicted molar refractivity (Wildman–Crippen MR) is 80.3 cm³/mol. The summed E-state index contributed by atoms with van der Waals surface area (Å²) < 4.78 is 19.4. The first-order valence-electron chi connectivity index (χ1n) is 8.09. The van der Waals surface area contributed by atoms with Gasteiger partial charge in [-0.2, -0.15) is 0 Å². The van der Waals surface area contributed by atoms with Crippen molar-refractivity contribution in [2.45, 2.75) is 57.5 Å². The van der Waals surface area contributed by atoms with Crippen molar-refractivity contribution >= 4 is 0 Å². The molecule has 0 unspecified atom stereocenters. The monoisotopic (exact) mass is 293 g/mol. The molecule has 1 aromatic carbocycles. The fourth-order valence-corrected chi connectivity index (χ4v) is 3.79. The number of rotatable bonds is 4. The molecule has 116 valence electrons. The van der Waals surface area contributed by atoms with Crippen molar-refractivity contribution in [2.75, 3.05) is 13.2 Å². The summed E-state index contributed by atoms with van der Waals surface area (Å²) in [6.07, 6.45) is 6.88. The van der Waals surface area contributed by atoms with Gasteiger partial charge >= 0.3 is 0 Å². The molecule has 0 saturated heterocycles. The van der Waals surface area contributed by atoms with E-state index in [1.54, 1.807) is 0 Å². The second kappa shape index (κ2) is 6.22. The molecule has 4 heteroatoms. The Hall–Kier alpha value is -1.29. The number of ether oxygens (including phenoxy) is 1. The van der Waals surface area contributed by atoms with Crippen LogP contribution < -0.4 is 4.74 Å². The molecule has 21 heavy (non-hydrogen) atoms. The van der Waals surface area contributed by atoms with Gasteiger partial charge in [0, 0.05) is 17.6 Å². The lowest BCUT2D eigenvalue weighted by Gasteiger charge is -2.39. The van der Waals surface area contributed by atoms with Crippen LogP contribution in [0.25, 0.3) is 0 Å². The minimum absolute atomic E-state index is 0.152. The van der Waals surface area contributed by atoms with Gasteiger partial charge in [0.15, 0.2) is 11.6 Å². The highest BCUT2D eigenvalue weighted by atomic mass is 19.1. The maximum Gasteiger partial charge on any atom is 0.165 e. The fraction of sp³-hybridized carbons (Fsp3) is 0.647. The standard InChI is InChI=1S/C17H24FNO2/c1-2-9-19(12-5-3-4-6-12)13-10-14-16(20)8-7-15(18)17(14)21-11-13/h7-8,12-13,20H,2-6,9-11H2,1H3/t13-/m1/s1. The van der Waals surface area contributed by atoms with Gasteiger partial charge in [0.25, 0.3) is 0 Å². The summed E-state index contributed by atoms with van der Waals surface area (Å²) in [5.74, 6) is 0.0252. The smallest absolute Gasteiger partial charge is 0.165 e. The summed E-state index contributed by atoms with van der Waals surface area (Å²) in [5, 5.41) is 10.0. The molecule has 0 bridgehead atoms. The maximum atomic E-state index is 13.8. The van der Waals surface area contributed by atoms with Gasteiger partial charge < -0.3 is 9.84 Å². The van der Waals surface area contributed by atoms with E-state index in [-0.39, 0.29) is 23.4 Å². The quantitative estimate of drug-likeness (QED) is 0.922. The molecule has 0 spiro atoms. The molecular weight excluding hydrogens is 269 g/mol. The van der Waals surface area contributed by atoms with Gasteiger partial charge in [-0.25, -0.2) is 4.39 Å². The number of hydrogen-bond acceptors (Lipinski definition) is 3. The van der Waals surface area contributed by atoms with E-state index in [2.05, 4.69) is 11.8 Å². The van der Waals surface area contributed by atoms with Gasteiger partial charge in [0.1, 0.15) is 12.4 Å². The molecular formula is C17H24FNO2. The summed E-state index contributed by atoms with van der Waals surface area (Å²) in [6.45, 7) is 3.75. The largest absolute Gasteiger partial charge is 0.508 e. The van der Waals surface area contributed by atoms with Gasteiger partial charge in [-0.1, -0.05) is 19.8 Å². The van der Waals surface area contributed by atoms with Crippen molar-refractivity contribution in [2.24, 2.45) is 0 Å². The maximum absolute atomic E-state index is 13.8. The molecule has 0 radical (unpaired) electrons. The fourth-order valence-electron chi connectivity index (χ4n) is 3.79. The van der Waals surface area contributed by atoms with E-state index in [0.717, 1.165) is 13.0 Å². The minimum Gasteiger partial charge on any atom is -0.508 e. The van der Waals surface area contributed by atoms with Gasteiger partial charge in [0.2, 0.25) is 0 Å². The van der Waals surface area contributed by atoms with Crippen LogP contribution in [0.1, 0.15) is 44.6 Å². The molecule has 2 aliphatic rings. The molecule has 1 saturated carbocycles. The van der Waals surface area contributed by atoms with Crippen molar-refractivity contribution in [3.8, 4) is 11.5 Å². The second-order valence-electron chi connectivity index (χ2n) is 6.22. The van der Waals surface area contributed by atoms with E-state index >= 15 is 0 Å². The third-order valence-electron chi connectivity index (χ3n) is 4.79. The van der Waals surface area contributed by atoms with Gasteiger partial charge in [-0.15, -0.1) is 0 Å². The van der Waals surface area contributed by atoms with Crippen molar-refractivity contribution in [3.05, 3.63) is 23.5 Å². The number of aromatic hydroxyl groups is 1. The van der Waals surface area contributed by atoms with E-state index in [0.29, 0.717) is 24.6 Å². The zero-order valence-electron chi connectivity index (χ0n) is 12.6. The summed E-state index contributed by atoms with van der Waals surface area (Å²) in [4.78, 5) is 2.53. The van der Waals surface area contributed by atoms with Crippen molar-refractivity contribution in [1.29, 1.82) is 0 Å². The Labute approximate surface area is 125 Å². The lowest BCUT2D eigenvalue weighted by Crippen LogP contribution is -2.48. The number of benzene rings is 1. The van der Waals surface area contributed by atoms with E-state index in [1.165, 1.54) is 37.8 Å². The normalized spacial score (nSPS) is 22.3. The molecule has 3 nitrogen and oxygen atoms in total. The molecule has 1 atom stereocenters. The van der Waals surface area contributed by atoms with Crippen LogP contribution in [0.15, 0.2) is 12.1 Å². The van der Waals surface area contributed by atoms with Crippen LogP contribution in [0.5, 0.6) is 11.5 Å². The average Bonchev–Trinajstić information content (AvgIpc) is 3.02. The number of fused-ring (bicyclic) bond motifs is 1. The number of phenolic OH excluding ortho intramolecular Hbond substituents is 1. The minimum atomic E-state index is -0.371. The molecule has 0 aromatic heterocycles. The van der Waals surface area contributed by atoms with E-state index < -0.39 is 0 Å². The Morgan fingerprint density at radius 3 is 2.76 bits per heavy atom. The summed E-state index contributed by atoms with van der Waals surface area (Å²) in [7, 11) is 0. The van der Waals surface area contributed by atoms with Crippen LogP contribution in [0.4, 0.5) is 4.39 Å². The van der Waals surface area contributed by atoms with Gasteiger partial charge in [-0.3, -0.25) is 4.90 Å². The highest BCUT2D eigenvalue weighted by molar-refractivity contribution is 5.46. The Bertz CT molecular complexity index is 500. The Kier molecular flexibility index (Phi) is 4.34. The SMILES string of the molecule is CCCN(C1CCCC1)[C@H]1COc2c(F)ccc(O)c2C1. The van der Waals surface area contributed by atoms with E-state index in [4.69, 9.17) is 4.74 Å². The Morgan fingerprint density at radius 1 is 1.29 bits per heavy atom. The van der Waals surface area contributed by atoms with Crippen molar-refractivity contribution in [3.63, 3.8) is 0 Å². The highest BCUT2D eigenvalue weighted by Gasteiger charge is 2.33. The molecule has 1 aliphatic heterocycles. The van der Waals surface area contributed by atoms with Crippen LogP contribution in [-0.4, -0.2) is 35.2 Å². The number of halogens is 1. The van der Waals surface area contributed by atoms with E-state index in [9.17, 15) is 9.50 Å². The topological polar surface area (TPSA) is 32.7 Å². The summed E-state index contributed by atoms with van der Waals surface area (Å²) >= 11 is 0. The number of hydrogen-bond donors (Lipinski definition) is 1. The van der Waals surface area contributed by atoms with Gasteiger partial charge in [-0.05, 0) is 44.4 Å². The first kappa shape index (κ1) is 14.6. The van der Waals surface area contributed by atoms with Crippen LogP contribution >= 0.6 is 0 Å². The lowest BCUT2D eigenvalue weighted by molar-refractivity contribution is 0.0784. The first-order chi connectivity index (χ1) is 10.2. The molecule has 0 amide bonds. The van der Waals surface area contributed by atoms with Crippen LogP contribution in [0.2, 0.25) is 0 Å². The van der Waals surface area contributed by atoms with Crippen LogP contribution in [0.3, 0.4) is 0 Å². The Balaban J connectivity index is 1.81. The highest BCUT2D eigenvalue weighted by Crippen LogP contribution is 2.37. The predicted octanol–water partition coefficient (Wildman–Crippen LogP) is 3.49. The molecule has 1 N–H and O–H groups in total. The molecule has 3 rings (SSSR count). The van der Waals surface area contributed by atoms with E-state index in [1.807, 2.05) is 0 Å². The van der Waals surface area contributed by atoms with Crippen molar-refractivity contribution in [1.82, 2.24) is 4.90 Å². The summed E-state index contributed by atoms with van der Waals surface area (Å²) in [5.41, 5.74) is 0.630. The summed E-state index contributed by atoms with van der Waals surface area (Å²) in [6, 6.07) is 3.57. The lowest BCUT2D eigenvalue weighted by atomic mass is 9.98. The van der Waals surface area contributed by atoms with Gasteiger partial charge in [0.05, 0.1) is 0 Å². The Morgan fingerprint density at radius 2 is 2.05 bits per heavy atom. The third kappa shape index (κ3) is 2.86. The van der Waals surface area contributed by atoms with Crippen LogP contribution in [-0.2, 0) is 6.42 Å².